The zero-order valence-electron chi connectivity index (χ0n) is 8.87. The lowest BCUT2D eigenvalue weighted by molar-refractivity contribution is -0.135. The molecule has 0 bridgehead atoms. The highest BCUT2D eigenvalue weighted by Gasteiger charge is 2.19. The van der Waals surface area contributed by atoms with Crippen LogP contribution in [0.15, 0.2) is 0 Å². The van der Waals surface area contributed by atoms with Crippen LogP contribution in [0, 0.1) is 17.2 Å². The molecule has 13 heavy (non-hydrogen) atoms. The predicted molar refractivity (Wildman–Crippen MR) is 51.9 cm³/mol. The molecule has 2 unspecified atom stereocenters. The second-order valence-electron chi connectivity index (χ2n) is 3.47. The van der Waals surface area contributed by atoms with Gasteiger partial charge < -0.3 is 4.90 Å². The molecule has 0 aliphatic carbocycles. The lowest BCUT2D eigenvalue weighted by atomic mass is 10.1. The molecule has 3 heteroatoms. The Morgan fingerprint density at radius 3 is 2.46 bits per heavy atom. The van der Waals surface area contributed by atoms with Crippen LogP contribution >= 0.6 is 0 Å². The van der Waals surface area contributed by atoms with Gasteiger partial charge in [0.15, 0.2) is 0 Å². The van der Waals surface area contributed by atoms with Crippen LogP contribution in [0.2, 0.25) is 0 Å². The Hall–Kier alpha value is -1.04. The molecule has 74 valence electrons. The molecule has 0 aromatic carbocycles. The topological polar surface area (TPSA) is 44.1 Å². The largest absolute Gasteiger partial charge is 0.342 e. The average Bonchev–Trinajstić information content (AvgIpc) is 2.14. The highest BCUT2D eigenvalue weighted by atomic mass is 16.2. The van der Waals surface area contributed by atoms with Crippen molar-refractivity contribution in [1.82, 2.24) is 4.90 Å². The highest BCUT2D eigenvalue weighted by molar-refractivity contribution is 5.78. The fraction of sp³-hybridized carbons (Fsp3) is 0.800. The molecule has 0 saturated carbocycles. The molecule has 0 spiro atoms. The summed E-state index contributed by atoms with van der Waals surface area (Å²) in [5.41, 5.74) is 0. The molecule has 0 radical (unpaired) electrons. The maximum atomic E-state index is 11.6. The third-order valence-electron chi connectivity index (χ3n) is 2.43. The van der Waals surface area contributed by atoms with Gasteiger partial charge in [0, 0.05) is 19.0 Å². The highest BCUT2D eigenvalue weighted by Crippen LogP contribution is 2.09. The summed E-state index contributed by atoms with van der Waals surface area (Å²) in [5, 5.41) is 8.48. The van der Waals surface area contributed by atoms with E-state index >= 15 is 0 Å². The Balaban J connectivity index is 4.18. The maximum absolute atomic E-state index is 11.6. The molecule has 1 amide bonds. The second-order valence-corrected chi connectivity index (χ2v) is 3.47. The Labute approximate surface area is 80.3 Å². The van der Waals surface area contributed by atoms with E-state index in [0.29, 0.717) is 6.42 Å². The zero-order chi connectivity index (χ0) is 10.4. The smallest absolute Gasteiger partial charge is 0.225 e. The number of hydrogen-bond donors (Lipinski definition) is 0. The minimum Gasteiger partial charge on any atom is -0.342 e. The van der Waals surface area contributed by atoms with E-state index in [4.69, 9.17) is 5.26 Å². The van der Waals surface area contributed by atoms with Gasteiger partial charge >= 0.3 is 0 Å². The summed E-state index contributed by atoms with van der Waals surface area (Å²) in [6, 6.07) is 2.09. The Kier molecular flexibility index (Phi) is 5.13. The minimum atomic E-state index is 0.0199. The third-order valence-corrected chi connectivity index (χ3v) is 2.43. The fourth-order valence-electron chi connectivity index (χ4n) is 1.01. The lowest BCUT2D eigenvalue weighted by Gasteiger charge is -2.25. The van der Waals surface area contributed by atoms with Gasteiger partial charge in [0.1, 0.15) is 0 Å². The van der Waals surface area contributed by atoms with E-state index in [9.17, 15) is 4.79 Å². The first-order valence-electron chi connectivity index (χ1n) is 4.68. The van der Waals surface area contributed by atoms with Crippen molar-refractivity contribution in [1.29, 1.82) is 5.26 Å². The van der Waals surface area contributed by atoms with Crippen LogP contribution < -0.4 is 0 Å². The number of nitriles is 1. The third kappa shape index (κ3) is 3.45. The van der Waals surface area contributed by atoms with E-state index in [1.807, 2.05) is 20.8 Å². The van der Waals surface area contributed by atoms with E-state index in [2.05, 4.69) is 6.07 Å². The normalized spacial score (nSPS) is 14.4. The molecule has 0 fully saturated rings. The molecule has 2 atom stereocenters. The number of hydrogen-bond acceptors (Lipinski definition) is 2. The second kappa shape index (κ2) is 5.58. The molecular weight excluding hydrogens is 164 g/mol. The first-order valence-corrected chi connectivity index (χ1v) is 4.68. The molecule has 0 rings (SSSR count). The van der Waals surface area contributed by atoms with Gasteiger partial charge in [-0.1, -0.05) is 13.8 Å². The van der Waals surface area contributed by atoms with E-state index in [-0.39, 0.29) is 17.9 Å². The van der Waals surface area contributed by atoms with Crippen LogP contribution in [0.5, 0.6) is 0 Å². The van der Waals surface area contributed by atoms with Gasteiger partial charge in [-0.05, 0) is 13.3 Å². The Morgan fingerprint density at radius 1 is 1.54 bits per heavy atom. The lowest BCUT2D eigenvalue weighted by Crippen LogP contribution is -2.38. The van der Waals surface area contributed by atoms with Gasteiger partial charge in [-0.3, -0.25) is 4.79 Å². The monoisotopic (exact) mass is 182 g/mol. The SMILES string of the molecule is CCC(C)C(=O)N(C)C(C)CC#N. The summed E-state index contributed by atoms with van der Waals surface area (Å²) >= 11 is 0. The molecule has 0 N–H and O–H groups in total. The van der Waals surface area contributed by atoms with E-state index < -0.39 is 0 Å². The van der Waals surface area contributed by atoms with Crippen molar-refractivity contribution in [3.63, 3.8) is 0 Å². The van der Waals surface area contributed by atoms with Gasteiger partial charge in [0.2, 0.25) is 5.91 Å². The van der Waals surface area contributed by atoms with E-state index in [1.54, 1.807) is 11.9 Å². The predicted octanol–water partition coefficient (Wildman–Crippen LogP) is 1.79. The zero-order valence-corrected chi connectivity index (χ0v) is 8.87. The summed E-state index contributed by atoms with van der Waals surface area (Å²) < 4.78 is 0. The summed E-state index contributed by atoms with van der Waals surface area (Å²) in [6.07, 6.45) is 1.25. The number of amides is 1. The molecule has 0 saturated heterocycles. The standard InChI is InChI=1S/C10H18N2O/c1-5-8(2)10(13)12(4)9(3)6-7-11/h8-9H,5-6H2,1-4H3. The van der Waals surface area contributed by atoms with Gasteiger partial charge in [-0.25, -0.2) is 0 Å². The fourth-order valence-corrected chi connectivity index (χ4v) is 1.01. The number of carbonyl (C=O) groups is 1. The van der Waals surface area contributed by atoms with Crippen LogP contribution in [0.4, 0.5) is 0 Å². The van der Waals surface area contributed by atoms with Crippen LogP contribution in [0.1, 0.15) is 33.6 Å². The first kappa shape index (κ1) is 12.0. The van der Waals surface area contributed by atoms with Crippen LogP contribution in [-0.4, -0.2) is 23.9 Å². The summed E-state index contributed by atoms with van der Waals surface area (Å²) in [6.45, 7) is 5.80. The quantitative estimate of drug-likeness (QED) is 0.665. The van der Waals surface area contributed by atoms with Crippen molar-refractivity contribution in [2.24, 2.45) is 5.92 Å². The van der Waals surface area contributed by atoms with Crippen LogP contribution in [0.3, 0.4) is 0 Å². The maximum Gasteiger partial charge on any atom is 0.225 e. The van der Waals surface area contributed by atoms with E-state index in [1.165, 1.54) is 0 Å². The van der Waals surface area contributed by atoms with Crippen molar-refractivity contribution in [2.75, 3.05) is 7.05 Å². The van der Waals surface area contributed by atoms with Gasteiger partial charge in [-0.15, -0.1) is 0 Å². The van der Waals surface area contributed by atoms with Crippen LogP contribution in [0.25, 0.3) is 0 Å². The van der Waals surface area contributed by atoms with Crippen molar-refractivity contribution < 1.29 is 4.79 Å². The number of rotatable bonds is 4. The average molecular weight is 182 g/mol. The molecule has 0 heterocycles. The van der Waals surface area contributed by atoms with Crippen molar-refractivity contribution >= 4 is 5.91 Å². The summed E-state index contributed by atoms with van der Waals surface area (Å²) in [5.74, 6) is 0.191. The van der Waals surface area contributed by atoms with Crippen molar-refractivity contribution in [3.05, 3.63) is 0 Å². The van der Waals surface area contributed by atoms with Gasteiger partial charge in [0.25, 0.3) is 0 Å². The Bertz CT molecular complexity index is 207. The summed E-state index contributed by atoms with van der Waals surface area (Å²) in [4.78, 5) is 13.3. The van der Waals surface area contributed by atoms with Crippen LogP contribution in [-0.2, 0) is 4.79 Å². The molecule has 0 aliphatic heterocycles. The molecule has 0 aromatic rings. The molecular formula is C10H18N2O. The summed E-state index contributed by atoms with van der Waals surface area (Å²) in [7, 11) is 1.76. The molecule has 0 aromatic heterocycles. The van der Waals surface area contributed by atoms with Gasteiger partial charge in [-0.2, -0.15) is 5.26 Å². The molecule has 3 nitrogen and oxygen atoms in total. The van der Waals surface area contributed by atoms with E-state index in [0.717, 1.165) is 6.42 Å². The Morgan fingerprint density at radius 2 is 2.08 bits per heavy atom. The van der Waals surface area contributed by atoms with Gasteiger partial charge in [0.05, 0.1) is 12.5 Å². The van der Waals surface area contributed by atoms with Crippen molar-refractivity contribution in [2.45, 2.75) is 39.7 Å². The minimum absolute atomic E-state index is 0.0199. The first-order chi connectivity index (χ1) is 6.04. The number of nitrogens with zero attached hydrogens (tertiary/aromatic N) is 2. The molecule has 0 aliphatic rings. The van der Waals surface area contributed by atoms with Crippen molar-refractivity contribution in [3.8, 4) is 6.07 Å². The number of carbonyl (C=O) groups excluding carboxylic acids is 1.